The number of ether oxygens (including phenoxy) is 1. The second kappa shape index (κ2) is 8.31. The first-order chi connectivity index (χ1) is 12.2. The van der Waals surface area contributed by atoms with E-state index in [2.05, 4.69) is 10.5 Å². The molecule has 126 valence electrons. The maximum absolute atomic E-state index is 13.3. The molecule has 3 aromatic carbocycles. The summed E-state index contributed by atoms with van der Waals surface area (Å²) in [5.41, 5.74) is 5.30. The van der Waals surface area contributed by atoms with Crippen molar-refractivity contribution in [3.8, 4) is 5.75 Å². The Bertz CT molecular complexity index is 869. The molecule has 0 aromatic heterocycles. The van der Waals surface area contributed by atoms with Gasteiger partial charge in [0.1, 0.15) is 18.2 Å². The molecule has 5 heteroatoms. The molecule has 0 radical (unpaired) electrons. The second-order valence-electron chi connectivity index (χ2n) is 5.34. The van der Waals surface area contributed by atoms with Crippen LogP contribution < -0.4 is 10.2 Å². The molecule has 0 fully saturated rings. The van der Waals surface area contributed by atoms with E-state index < -0.39 is 0 Å². The van der Waals surface area contributed by atoms with Crippen LogP contribution in [0.3, 0.4) is 0 Å². The Balaban J connectivity index is 1.71. The second-order valence-corrected chi connectivity index (χ2v) is 5.77. The Morgan fingerprint density at radius 3 is 2.64 bits per heavy atom. The van der Waals surface area contributed by atoms with E-state index in [-0.39, 0.29) is 12.4 Å². The number of halogens is 2. The van der Waals surface area contributed by atoms with E-state index in [9.17, 15) is 4.39 Å². The molecule has 25 heavy (non-hydrogen) atoms. The van der Waals surface area contributed by atoms with Gasteiger partial charge in [0.25, 0.3) is 0 Å². The zero-order chi connectivity index (χ0) is 17.5. The smallest absolute Gasteiger partial charge is 0.128 e. The Morgan fingerprint density at radius 2 is 1.84 bits per heavy atom. The standard InChI is InChI=1S/C20H16ClFN2O/c21-17-9-10-20(25-14-15-5-4-6-18(22)11-15)16(12-17)13-23-24-19-7-2-1-3-8-19/h1-13,24H,14H2. The van der Waals surface area contributed by atoms with Gasteiger partial charge in [-0.3, -0.25) is 5.43 Å². The summed E-state index contributed by atoms with van der Waals surface area (Å²) < 4.78 is 19.0. The third-order valence-electron chi connectivity index (χ3n) is 3.43. The first-order valence-corrected chi connectivity index (χ1v) is 8.09. The highest BCUT2D eigenvalue weighted by molar-refractivity contribution is 6.30. The van der Waals surface area contributed by atoms with Gasteiger partial charge in [-0.2, -0.15) is 5.10 Å². The number of hydrogen-bond acceptors (Lipinski definition) is 3. The van der Waals surface area contributed by atoms with Crippen molar-refractivity contribution < 1.29 is 9.13 Å². The summed E-state index contributed by atoms with van der Waals surface area (Å²) in [7, 11) is 0. The molecule has 0 amide bonds. The molecule has 0 aliphatic carbocycles. The van der Waals surface area contributed by atoms with E-state index in [1.807, 2.05) is 36.4 Å². The Kier molecular flexibility index (Phi) is 5.65. The molecular weight excluding hydrogens is 339 g/mol. The summed E-state index contributed by atoms with van der Waals surface area (Å²) in [5, 5.41) is 4.79. The van der Waals surface area contributed by atoms with Gasteiger partial charge in [-0.15, -0.1) is 0 Å². The highest BCUT2D eigenvalue weighted by Gasteiger charge is 2.04. The largest absolute Gasteiger partial charge is 0.488 e. The summed E-state index contributed by atoms with van der Waals surface area (Å²) in [6, 6.07) is 21.2. The molecule has 0 heterocycles. The minimum absolute atomic E-state index is 0.256. The SMILES string of the molecule is Fc1cccc(COc2ccc(Cl)cc2C=NNc2ccccc2)c1. The minimum atomic E-state index is -0.286. The zero-order valence-corrected chi connectivity index (χ0v) is 14.1. The number of hydrazone groups is 1. The summed E-state index contributed by atoms with van der Waals surface area (Å²) in [5.74, 6) is 0.332. The molecule has 0 saturated carbocycles. The Morgan fingerprint density at radius 1 is 1.00 bits per heavy atom. The molecule has 3 nitrogen and oxygen atoms in total. The van der Waals surface area contributed by atoms with Gasteiger partial charge in [0.15, 0.2) is 0 Å². The van der Waals surface area contributed by atoms with Crippen molar-refractivity contribution in [3.63, 3.8) is 0 Å². The lowest BCUT2D eigenvalue weighted by Crippen LogP contribution is -1.99. The van der Waals surface area contributed by atoms with Gasteiger partial charge in [-0.1, -0.05) is 41.9 Å². The highest BCUT2D eigenvalue weighted by atomic mass is 35.5. The van der Waals surface area contributed by atoms with E-state index >= 15 is 0 Å². The average molecular weight is 355 g/mol. The number of anilines is 1. The molecule has 0 unspecified atom stereocenters. The Labute approximate surface area is 150 Å². The van der Waals surface area contributed by atoms with Gasteiger partial charge in [0.2, 0.25) is 0 Å². The van der Waals surface area contributed by atoms with E-state index in [0.717, 1.165) is 16.8 Å². The van der Waals surface area contributed by atoms with Crippen LogP contribution in [0, 0.1) is 5.82 Å². The van der Waals surface area contributed by atoms with Gasteiger partial charge in [-0.25, -0.2) is 4.39 Å². The molecule has 0 aliphatic heterocycles. The van der Waals surface area contributed by atoms with Crippen LogP contribution in [0.4, 0.5) is 10.1 Å². The maximum atomic E-state index is 13.3. The average Bonchev–Trinajstić information content (AvgIpc) is 2.62. The van der Waals surface area contributed by atoms with E-state index in [1.54, 1.807) is 30.5 Å². The minimum Gasteiger partial charge on any atom is -0.488 e. The maximum Gasteiger partial charge on any atom is 0.128 e. The number of nitrogens with one attached hydrogen (secondary N) is 1. The van der Waals surface area contributed by atoms with Crippen LogP contribution in [0.2, 0.25) is 5.02 Å². The zero-order valence-electron chi connectivity index (χ0n) is 13.3. The first kappa shape index (κ1) is 17.0. The number of rotatable bonds is 6. The summed E-state index contributed by atoms with van der Waals surface area (Å²) in [4.78, 5) is 0. The fourth-order valence-electron chi connectivity index (χ4n) is 2.23. The molecule has 0 saturated heterocycles. The van der Waals surface area contributed by atoms with Crippen LogP contribution in [-0.2, 0) is 6.61 Å². The number of hydrogen-bond donors (Lipinski definition) is 1. The van der Waals surface area contributed by atoms with Gasteiger partial charge >= 0.3 is 0 Å². The monoisotopic (exact) mass is 354 g/mol. The van der Waals surface area contributed by atoms with Gasteiger partial charge in [-0.05, 0) is 48.0 Å². The summed E-state index contributed by atoms with van der Waals surface area (Å²) in [6.45, 7) is 0.256. The molecule has 3 aromatic rings. The molecule has 3 rings (SSSR count). The lowest BCUT2D eigenvalue weighted by atomic mass is 10.2. The van der Waals surface area contributed by atoms with Gasteiger partial charge in [0.05, 0.1) is 11.9 Å². The van der Waals surface area contributed by atoms with Crippen LogP contribution in [0.15, 0.2) is 77.9 Å². The predicted octanol–water partition coefficient (Wildman–Crippen LogP) is 5.50. The van der Waals surface area contributed by atoms with Crippen molar-refractivity contribution in [2.75, 3.05) is 5.43 Å². The predicted molar refractivity (Wildman–Crippen MR) is 99.8 cm³/mol. The van der Waals surface area contributed by atoms with E-state index in [0.29, 0.717) is 10.8 Å². The van der Waals surface area contributed by atoms with Gasteiger partial charge in [0, 0.05) is 10.6 Å². The third kappa shape index (κ3) is 5.06. The van der Waals surface area contributed by atoms with Crippen molar-refractivity contribution in [3.05, 3.63) is 94.8 Å². The van der Waals surface area contributed by atoms with E-state index in [4.69, 9.17) is 16.3 Å². The summed E-state index contributed by atoms with van der Waals surface area (Å²) in [6.07, 6.45) is 1.64. The van der Waals surface area contributed by atoms with Crippen LogP contribution >= 0.6 is 11.6 Å². The molecule has 1 N–H and O–H groups in total. The normalized spacial score (nSPS) is 10.8. The fourth-order valence-corrected chi connectivity index (χ4v) is 2.41. The van der Waals surface area contributed by atoms with Crippen molar-refractivity contribution in [1.29, 1.82) is 0 Å². The van der Waals surface area contributed by atoms with Crippen LogP contribution in [0.1, 0.15) is 11.1 Å². The van der Waals surface area contributed by atoms with Crippen molar-refractivity contribution in [2.24, 2.45) is 5.10 Å². The van der Waals surface area contributed by atoms with Crippen LogP contribution in [0.5, 0.6) is 5.75 Å². The van der Waals surface area contributed by atoms with Crippen LogP contribution in [0.25, 0.3) is 0 Å². The number of para-hydroxylation sites is 1. The molecule has 0 aliphatic rings. The quantitative estimate of drug-likeness (QED) is 0.468. The number of benzene rings is 3. The third-order valence-corrected chi connectivity index (χ3v) is 3.66. The molecule has 0 atom stereocenters. The first-order valence-electron chi connectivity index (χ1n) is 7.71. The van der Waals surface area contributed by atoms with E-state index in [1.165, 1.54) is 12.1 Å². The molecule has 0 bridgehead atoms. The summed E-state index contributed by atoms with van der Waals surface area (Å²) >= 11 is 6.06. The lowest BCUT2D eigenvalue weighted by molar-refractivity contribution is 0.305. The van der Waals surface area contributed by atoms with Crippen molar-refractivity contribution in [1.82, 2.24) is 0 Å². The number of nitrogens with zero attached hydrogens (tertiary/aromatic N) is 1. The van der Waals surface area contributed by atoms with Crippen molar-refractivity contribution in [2.45, 2.75) is 6.61 Å². The van der Waals surface area contributed by atoms with Crippen LogP contribution in [-0.4, -0.2) is 6.21 Å². The molecular formula is C20H16ClFN2O. The topological polar surface area (TPSA) is 33.6 Å². The molecule has 0 spiro atoms. The van der Waals surface area contributed by atoms with Crippen molar-refractivity contribution >= 4 is 23.5 Å². The fraction of sp³-hybridized carbons (Fsp3) is 0.0500. The lowest BCUT2D eigenvalue weighted by Gasteiger charge is -2.10. The highest BCUT2D eigenvalue weighted by Crippen LogP contribution is 2.22. The van der Waals surface area contributed by atoms with Gasteiger partial charge < -0.3 is 4.74 Å². The Hall–Kier alpha value is -2.85.